The highest BCUT2D eigenvalue weighted by molar-refractivity contribution is 5.75. The van der Waals surface area contributed by atoms with Crippen molar-refractivity contribution in [2.75, 3.05) is 0 Å². The second-order valence-electron chi connectivity index (χ2n) is 4.46. The Kier molecular flexibility index (Phi) is 3.88. The minimum atomic E-state index is 0.0640. The van der Waals surface area contributed by atoms with Gasteiger partial charge in [-0.25, -0.2) is 0 Å². The lowest BCUT2D eigenvalue weighted by atomic mass is 9.76. The van der Waals surface area contributed by atoms with Crippen molar-refractivity contribution < 1.29 is 5.10 Å². The highest BCUT2D eigenvalue weighted by Crippen LogP contribution is 2.31. The predicted molar refractivity (Wildman–Crippen MR) is 63.0 cm³/mol. The molecule has 0 heterocycles. The molecular formula is C11H21N4+. The van der Waals surface area contributed by atoms with E-state index >= 15 is 0 Å². The van der Waals surface area contributed by atoms with Gasteiger partial charge in [0.15, 0.2) is 6.21 Å². The molecule has 15 heavy (non-hydrogen) atoms. The summed E-state index contributed by atoms with van der Waals surface area (Å²) in [6.45, 7) is 6.66. The third kappa shape index (κ3) is 3.38. The van der Waals surface area contributed by atoms with Crippen LogP contribution in [0.5, 0.6) is 0 Å². The van der Waals surface area contributed by atoms with Crippen LogP contribution in [0.3, 0.4) is 0 Å². The van der Waals surface area contributed by atoms with Crippen LogP contribution in [0.1, 0.15) is 27.2 Å². The number of hydrogen-bond acceptors (Lipinski definition) is 1. The highest BCUT2D eigenvalue weighted by Gasteiger charge is 2.27. The molecular weight excluding hydrogens is 188 g/mol. The van der Waals surface area contributed by atoms with E-state index in [0.29, 0.717) is 17.8 Å². The molecule has 0 radical (unpaired) electrons. The third-order valence-electron chi connectivity index (χ3n) is 2.92. The van der Waals surface area contributed by atoms with Gasteiger partial charge in [0, 0.05) is 11.0 Å². The van der Waals surface area contributed by atoms with Gasteiger partial charge in [0.2, 0.25) is 0 Å². The van der Waals surface area contributed by atoms with E-state index in [9.17, 15) is 0 Å². The lowest BCUT2D eigenvalue weighted by Crippen LogP contribution is -2.65. The molecule has 1 rings (SSSR count). The summed E-state index contributed by atoms with van der Waals surface area (Å²) < 4.78 is 0. The van der Waals surface area contributed by atoms with Gasteiger partial charge in [0.25, 0.3) is 5.96 Å². The Bertz CT molecular complexity index is 300. The lowest BCUT2D eigenvalue weighted by Gasteiger charge is -2.27. The van der Waals surface area contributed by atoms with Crippen molar-refractivity contribution in [3.05, 3.63) is 11.6 Å². The molecule has 4 heteroatoms. The van der Waals surface area contributed by atoms with Gasteiger partial charge in [0.05, 0.1) is 0 Å². The molecule has 1 aliphatic carbocycles. The summed E-state index contributed by atoms with van der Waals surface area (Å²) >= 11 is 0. The second kappa shape index (κ2) is 4.96. The molecule has 1 aliphatic rings. The van der Waals surface area contributed by atoms with Crippen molar-refractivity contribution in [2.24, 2.45) is 34.3 Å². The van der Waals surface area contributed by atoms with E-state index in [4.69, 9.17) is 11.5 Å². The zero-order valence-electron chi connectivity index (χ0n) is 9.70. The van der Waals surface area contributed by atoms with E-state index in [0.717, 1.165) is 6.42 Å². The van der Waals surface area contributed by atoms with Gasteiger partial charge in [-0.3, -0.25) is 0 Å². The number of hydrogen-bond donors (Lipinski definition) is 3. The van der Waals surface area contributed by atoms with Crippen molar-refractivity contribution in [1.82, 2.24) is 0 Å². The van der Waals surface area contributed by atoms with Gasteiger partial charge in [-0.1, -0.05) is 25.5 Å². The standard InChI is InChI=1S/C11H20N4/c1-7-4-8(2)10(9(3)5-7)6-14-15-11(12)13/h4,6,8-10H,5H2,1-3H3,(H4,12,13,15)/p+1/b14-6+/t8-,9+,10-/m0/s1. The molecule has 0 aromatic carbocycles. The number of nitrogens with one attached hydrogen (secondary N) is 1. The monoisotopic (exact) mass is 209 g/mol. The Morgan fingerprint density at radius 3 is 2.73 bits per heavy atom. The first-order valence-electron chi connectivity index (χ1n) is 5.35. The molecule has 4 nitrogen and oxygen atoms in total. The second-order valence-corrected chi connectivity index (χ2v) is 4.46. The fourth-order valence-electron chi connectivity index (χ4n) is 2.30. The topological polar surface area (TPSA) is 78.4 Å². The first-order valence-corrected chi connectivity index (χ1v) is 5.35. The van der Waals surface area contributed by atoms with E-state index in [-0.39, 0.29) is 5.96 Å². The zero-order valence-corrected chi connectivity index (χ0v) is 9.70. The number of rotatable bonds is 2. The minimum absolute atomic E-state index is 0.0640. The van der Waals surface area contributed by atoms with Gasteiger partial charge in [-0.05, 0) is 25.2 Å². The van der Waals surface area contributed by atoms with Gasteiger partial charge in [0.1, 0.15) is 0 Å². The number of guanidine groups is 1. The highest BCUT2D eigenvalue weighted by atomic mass is 15.3. The van der Waals surface area contributed by atoms with E-state index in [1.165, 1.54) is 5.57 Å². The maximum Gasteiger partial charge on any atom is 0.256 e. The van der Waals surface area contributed by atoms with E-state index < -0.39 is 0 Å². The first kappa shape index (κ1) is 11.8. The van der Waals surface area contributed by atoms with E-state index in [1.807, 2.05) is 6.21 Å². The van der Waals surface area contributed by atoms with Gasteiger partial charge >= 0.3 is 0 Å². The van der Waals surface area contributed by atoms with Crippen LogP contribution in [0.4, 0.5) is 0 Å². The Morgan fingerprint density at radius 2 is 2.20 bits per heavy atom. The minimum Gasteiger partial charge on any atom is -0.365 e. The SMILES string of the molecule is CC1=C[C@H](C)[C@H](/C=[NH+]/N=C(N)N)[C@H](C)C1. The maximum absolute atomic E-state index is 5.23. The fourth-order valence-corrected chi connectivity index (χ4v) is 2.30. The number of allylic oxidation sites excluding steroid dienone is 2. The van der Waals surface area contributed by atoms with Crippen molar-refractivity contribution in [1.29, 1.82) is 0 Å². The van der Waals surface area contributed by atoms with Crippen LogP contribution in [0, 0.1) is 17.8 Å². The van der Waals surface area contributed by atoms with Crippen LogP contribution in [0.2, 0.25) is 0 Å². The summed E-state index contributed by atoms with van der Waals surface area (Å²) in [6.07, 6.45) is 5.45. The first-order chi connectivity index (χ1) is 7.00. The van der Waals surface area contributed by atoms with Crippen molar-refractivity contribution in [2.45, 2.75) is 27.2 Å². The summed E-state index contributed by atoms with van der Waals surface area (Å²) in [5.74, 6) is 1.72. The van der Waals surface area contributed by atoms with Crippen molar-refractivity contribution in [3.63, 3.8) is 0 Å². The van der Waals surface area contributed by atoms with Gasteiger partial charge in [-0.2, -0.15) is 0 Å². The molecule has 0 aromatic rings. The fraction of sp³-hybridized carbons (Fsp3) is 0.636. The maximum atomic E-state index is 5.23. The average Bonchev–Trinajstić information content (AvgIpc) is 2.08. The molecule has 0 spiro atoms. The zero-order chi connectivity index (χ0) is 11.4. The molecule has 0 amide bonds. The molecule has 0 bridgehead atoms. The predicted octanol–water partition coefficient (Wildman–Crippen LogP) is -0.435. The molecule has 0 aromatic heterocycles. The molecule has 5 N–H and O–H groups in total. The molecule has 0 saturated carbocycles. The third-order valence-corrected chi connectivity index (χ3v) is 2.92. The molecule has 84 valence electrons. The summed E-state index contributed by atoms with van der Waals surface area (Å²) in [4.78, 5) is 0. The van der Waals surface area contributed by atoms with Crippen LogP contribution >= 0.6 is 0 Å². The summed E-state index contributed by atoms with van der Waals surface area (Å²) in [5, 5.41) is 6.57. The van der Waals surface area contributed by atoms with Crippen LogP contribution in [0.15, 0.2) is 16.8 Å². The Hall–Kier alpha value is -1.32. The van der Waals surface area contributed by atoms with Gasteiger partial charge in [-0.15, -0.1) is 5.10 Å². The Morgan fingerprint density at radius 1 is 1.53 bits per heavy atom. The molecule has 3 atom stereocenters. The van der Waals surface area contributed by atoms with E-state index in [1.54, 1.807) is 0 Å². The van der Waals surface area contributed by atoms with Crippen molar-refractivity contribution >= 4 is 12.2 Å². The summed E-state index contributed by atoms with van der Waals surface area (Å²) in [7, 11) is 0. The Labute approximate surface area is 91.1 Å². The Balaban J connectivity index is 2.70. The molecule has 0 saturated heterocycles. The summed E-state index contributed by atoms with van der Waals surface area (Å²) in [5.41, 5.74) is 11.9. The van der Waals surface area contributed by atoms with Crippen LogP contribution < -0.4 is 16.6 Å². The van der Waals surface area contributed by atoms with Crippen LogP contribution in [0.25, 0.3) is 0 Å². The molecule has 0 unspecified atom stereocenters. The normalized spacial score (nSPS) is 31.4. The van der Waals surface area contributed by atoms with Crippen LogP contribution in [-0.2, 0) is 0 Å². The van der Waals surface area contributed by atoms with Crippen LogP contribution in [-0.4, -0.2) is 12.2 Å². The van der Waals surface area contributed by atoms with Crippen molar-refractivity contribution in [3.8, 4) is 0 Å². The van der Waals surface area contributed by atoms with Gasteiger partial charge < -0.3 is 11.5 Å². The number of hydrazone groups is 1. The quantitative estimate of drug-likeness (QED) is 0.250. The molecule has 0 fully saturated rings. The largest absolute Gasteiger partial charge is 0.365 e. The summed E-state index contributed by atoms with van der Waals surface area (Å²) in [6, 6.07) is 0. The lowest BCUT2D eigenvalue weighted by molar-refractivity contribution is -0.460. The smallest absolute Gasteiger partial charge is 0.256 e. The number of nitrogens with zero attached hydrogens (tertiary/aromatic N) is 1. The average molecular weight is 209 g/mol. The van der Waals surface area contributed by atoms with E-state index in [2.05, 4.69) is 37.1 Å². The molecule has 0 aliphatic heterocycles. The number of nitrogens with two attached hydrogens (primary N) is 2.